The predicted octanol–water partition coefficient (Wildman–Crippen LogP) is 6.03. The molecular formula is C29H49NO3. The SMILES string of the molecule is CO[C@@H]1C[C@@H]2C[C@H](C)CC[C@]2(C)[C@H]2CC[C@]3(C)[C@@H]([C@H](C)CCC(=O)NCC(C)=O)CC[C@H]3[C@H]12. The van der Waals surface area contributed by atoms with Crippen LogP contribution in [-0.4, -0.2) is 31.4 Å². The highest BCUT2D eigenvalue weighted by Crippen LogP contribution is 2.69. The third kappa shape index (κ3) is 4.55. The highest BCUT2D eigenvalue weighted by molar-refractivity contribution is 5.84. The van der Waals surface area contributed by atoms with Crippen LogP contribution < -0.4 is 5.32 Å². The van der Waals surface area contributed by atoms with Crippen molar-refractivity contribution in [3.05, 3.63) is 0 Å². The van der Waals surface area contributed by atoms with Crippen LogP contribution in [0.4, 0.5) is 0 Å². The summed E-state index contributed by atoms with van der Waals surface area (Å²) in [5.74, 6) is 5.27. The number of fused-ring (bicyclic) bond motifs is 5. The molecule has 188 valence electrons. The van der Waals surface area contributed by atoms with Crippen molar-refractivity contribution >= 4 is 11.7 Å². The number of amides is 1. The second-order valence-electron chi connectivity index (χ2n) is 13.1. The van der Waals surface area contributed by atoms with E-state index >= 15 is 0 Å². The first-order chi connectivity index (χ1) is 15.6. The Morgan fingerprint density at radius 1 is 1.03 bits per heavy atom. The number of ether oxygens (including phenoxy) is 1. The number of nitrogens with one attached hydrogen (secondary N) is 1. The smallest absolute Gasteiger partial charge is 0.220 e. The average Bonchev–Trinajstić information content (AvgIpc) is 3.13. The monoisotopic (exact) mass is 459 g/mol. The molecule has 0 aromatic rings. The normalized spacial score (nSPS) is 45.5. The van der Waals surface area contributed by atoms with Gasteiger partial charge in [-0.1, -0.05) is 34.1 Å². The molecule has 4 fully saturated rings. The Bertz CT molecular complexity index is 736. The van der Waals surface area contributed by atoms with E-state index in [1.165, 1.54) is 58.3 Å². The van der Waals surface area contributed by atoms with Crippen molar-refractivity contribution in [1.82, 2.24) is 5.32 Å². The van der Waals surface area contributed by atoms with Gasteiger partial charge in [0.15, 0.2) is 0 Å². The first-order valence-corrected chi connectivity index (χ1v) is 13.9. The molecule has 0 saturated heterocycles. The summed E-state index contributed by atoms with van der Waals surface area (Å²) in [5, 5.41) is 2.77. The summed E-state index contributed by atoms with van der Waals surface area (Å²) in [6, 6.07) is 0. The van der Waals surface area contributed by atoms with Gasteiger partial charge in [-0.15, -0.1) is 0 Å². The van der Waals surface area contributed by atoms with Crippen LogP contribution in [0.3, 0.4) is 0 Å². The van der Waals surface area contributed by atoms with Gasteiger partial charge in [0.25, 0.3) is 0 Å². The Balaban J connectivity index is 1.47. The fourth-order valence-corrected chi connectivity index (χ4v) is 9.51. The Kier molecular flexibility index (Phi) is 7.35. The molecule has 4 aliphatic rings. The maximum atomic E-state index is 12.2. The van der Waals surface area contributed by atoms with Gasteiger partial charge in [-0.05, 0) is 111 Å². The summed E-state index contributed by atoms with van der Waals surface area (Å²) in [5.41, 5.74) is 0.879. The van der Waals surface area contributed by atoms with Gasteiger partial charge in [-0.25, -0.2) is 0 Å². The molecule has 0 unspecified atom stereocenters. The second kappa shape index (κ2) is 9.63. The van der Waals surface area contributed by atoms with Crippen LogP contribution in [-0.2, 0) is 14.3 Å². The number of hydrogen-bond acceptors (Lipinski definition) is 3. The van der Waals surface area contributed by atoms with E-state index in [0.29, 0.717) is 41.1 Å². The lowest BCUT2D eigenvalue weighted by molar-refractivity contribution is -0.176. The van der Waals surface area contributed by atoms with Gasteiger partial charge in [0, 0.05) is 13.5 Å². The molecule has 4 aliphatic carbocycles. The number of Topliss-reactive ketones (excluding diaryl/α,β-unsaturated/α-hetero) is 1. The minimum absolute atomic E-state index is 0.0165. The molecule has 0 heterocycles. The van der Waals surface area contributed by atoms with Crippen molar-refractivity contribution in [2.75, 3.05) is 13.7 Å². The number of carbonyl (C=O) groups is 2. The molecule has 4 rings (SSSR count). The zero-order valence-electron chi connectivity index (χ0n) is 22.1. The van der Waals surface area contributed by atoms with Gasteiger partial charge >= 0.3 is 0 Å². The zero-order chi connectivity index (χ0) is 24.0. The Morgan fingerprint density at radius 3 is 2.42 bits per heavy atom. The zero-order valence-corrected chi connectivity index (χ0v) is 22.1. The standard InChI is InChI=1S/C29H49NO3/c1-18-11-13-28(4)21(15-18)16-25(33-6)27-23-9-8-22(29(23,5)14-12-24(27)28)19(2)7-10-26(32)30-17-20(3)31/h18-19,21-25,27H,7-17H2,1-6H3,(H,30,32)/t18-,19-,21+,22-,23+,24+,25-,27+,28+,29-/m1/s1. The van der Waals surface area contributed by atoms with Crippen LogP contribution in [0.15, 0.2) is 0 Å². The summed E-state index contributed by atoms with van der Waals surface area (Å²) >= 11 is 0. The lowest BCUT2D eigenvalue weighted by atomic mass is 9.43. The van der Waals surface area contributed by atoms with Crippen LogP contribution in [0.5, 0.6) is 0 Å². The number of carbonyl (C=O) groups excluding carboxylic acids is 2. The van der Waals surface area contributed by atoms with E-state index in [-0.39, 0.29) is 18.2 Å². The highest BCUT2D eigenvalue weighted by Gasteiger charge is 2.63. The predicted molar refractivity (Wildman–Crippen MR) is 133 cm³/mol. The van der Waals surface area contributed by atoms with E-state index in [1.54, 1.807) is 0 Å². The molecule has 4 heteroatoms. The highest BCUT2D eigenvalue weighted by atomic mass is 16.5. The van der Waals surface area contributed by atoms with E-state index in [1.807, 2.05) is 7.11 Å². The van der Waals surface area contributed by atoms with Crippen molar-refractivity contribution in [1.29, 1.82) is 0 Å². The number of hydrogen-bond donors (Lipinski definition) is 1. The van der Waals surface area contributed by atoms with Crippen LogP contribution in [0.2, 0.25) is 0 Å². The second-order valence-corrected chi connectivity index (χ2v) is 13.1. The van der Waals surface area contributed by atoms with Crippen molar-refractivity contribution in [3.8, 4) is 0 Å². The molecule has 0 aromatic carbocycles. The van der Waals surface area contributed by atoms with Gasteiger partial charge in [0.2, 0.25) is 5.91 Å². The first-order valence-electron chi connectivity index (χ1n) is 13.9. The molecule has 4 saturated carbocycles. The number of methoxy groups -OCH3 is 1. The van der Waals surface area contributed by atoms with Gasteiger partial charge in [-0.2, -0.15) is 0 Å². The van der Waals surface area contributed by atoms with Crippen molar-refractivity contribution in [2.24, 2.45) is 52.3 Å². The molecule has 33 heavy (non-hydrogen) atoms. The summed E-state index contributed by atoms with van der Waals surface area (Å²) in [6.07, 6.45) is 12.7. The lowest BCUT2D eigenvalue weighted by Gasteiger charge is -2.63. The molecule has 10 atom stereocenters. The van der Waals surface area contributed by atoms with Crippen molar-refractivity contribution in [3.63, 3.8) is 0 Å². The topological polar surface area (TPSA) is 55.4 Å². The fraction of sp³-hybridized carbons (Fsp3) is 0.931. The summed E-state index contributed by atoms with van der Waals surface area (Å²) in [4.78, 5) is 23.4. The molecule has 0 aromatic heterocycles. The maximum Gasteiger partial charge on any atom is 0.220 e. The lowest BCUT2D eigenvalue weighted by Crippen LogP contribution is -2.58. The average molecular weight is 460 g/mol. The van der Waals surface area contributed by atoms with Gasteiger partial charge in [0.05, 0.1) is 12.6 Å². The Labute approximate surface area is 202 Å². The molecule has 0 radical (unpaired) electrons. The summed E-state index contributed by atoms with van der Waals surface area (Å²) in [7, 11) is 1.97. The molecule has 1 amide bonds. The van der Waals surface area contributed by atoms with Gasteiger partial charge < -0.3 is 10.1 Å². The third-order valence-corrected chi connectivity index (χ3v) is 11.3. The van der Waals surface area contributed by atoms with Crippen LogP contribution in [0.1, 0.15) is 98.8 Å². The van der Waals surface area contributed by atoms with Crippen LogP contribution in [0, 0.1) is 52.3 Å². The summed E-state index contributed by atoms with van der Waals surface area (Å²) in [6.45, 7) is 11.7. The molecule has 0 aliphatic heterocycles. The largest absolute Gasteiger partial charge is 0.381 e. The molecule has 0 spiro atoms. The third-order valence-electron chi connectivity index (χ3n) is 11.3. The minimum atomic E-state index is 0.0165. The fourth-order valence-electron chi connectivity index (χ4n) is 9.51. The van der Waals surface area contributed by atoms with Gasteiger partial charge in [-0.3, -0.25) is 9.59 Å². The number of rotatable bonds is 7. The summed E-state index contributed by atoms with van der Waals surface area (Å²) < 4.78 is 6.28. The molecule has 0 bridgehead atoms. The van der Waals surface area contributed by atoms with Crippen LogP contribution in [0.25, 0.3) is 0 Å². The number of ketones is 1. The Hall–Kier alpha value is -0.900. The van der Waals surface area contributed by atoms with E-state index in [9.17, 15) is 9.59 Å². The molecular weight excluding hydrogens is 410 g/mol. The van der Waals surface area contributed by atoms with Gasteiger partial charge in [0.1, 0.15) is 5.78 Å². The van der Waals surface area contributed by atoms with E-state index < -0.39 is 0 Å². The van der Waals surface area contributed by atoms with E-state index in [4.69, 9.17) is 4.74 Å². The van der Waals surface area contributed by atoms with Crippen LogP contribution >= 0.6 is 0 Å². The first kappa shape index (κ1) is 25.2. The quantitative estimate of drug-likeness (QED) is 0.506. The van der Waals surface area contributed by atoms with E-state index in [2.05, 4.69) is 33.0 Å². The maximum absolute atomic E-state index is 12.2. The minimum Gasteiger partial charge on any atom is -0.381 e. The molecule has 1 N–H and O–H groups in total. The van der Waals surface area contributed by atoms with E-state index in [0.717, 1.165) is 30.1 Å². The Morgan fingerprint density at radius 2 is 1.73 bits per heavy atom. The van der Waals surface area contributed by atoms with Crippen molar-refractivity contribution < 1.29 is 14.3 Å². The van der Waals surface area contributed by atoms with Crippen molar-refractivity contribution in [2.45, 2.75) is 105 Å². The molecule has 4 nitrogen and oxygen atoms in total.